The van der Waals surface area contributed by atoms with Gasteiger partial charge in [-0.15, -0.1) is 0 Å². The highest BCUT2D eigenvalue weighted by molar-refractivity contribution is 6.02. The molecular weight excluding hydrogens is 442 g/mol. The van der Waals surface area contributed by atoms with Gasteiger partial charge in [-0.25, -0.2) is 9.59 Å². The topological polar surface area (TPSA) is 97.3 Å². The van der Waals surface area contributed by atoms with E-state index in [1.807, 2.05) is 12.1 Å². The lowest BCUT2D eigenvalue weighted by molar-refractivity contribution is 0.170. The third kappa shape index (κ3) is 4.82. The molecule has 1 aromatic heterocycles. The molecule has 0 saturated carbocycles. The smallest absolute Gasteiger partial charge is 0.434 e. The minimum Gasteiger partial charge on any atom is -0.451 e. The number of urea groups is 1. The van der Waals surface area contributed by atoms with E-state index in [1.54, 1.807) is 18.2 Å². The van der Waals surface area contributed by atoms with Crippen LogP contribution in [-0.4, -0.2) is 41.6 Å². The molecule has 0 saturated heterocycles. The summed E-state index contributed by atoms with van der Waals surface area (Å²) < 4.78 is 5.92. The minimum absolute atomic E-state index is 0.0775. The van der Waals surface area contributed by atoms with Crippen molar-refractivity contribution in [2.75, 3.05) is 24.3 Å². The first kappa shape index (κ1) is 22.5. The molecule has 0 radical (unpaired) electrons. The summed E-state index contributed by atoms with van der Waals surface area (Å²) in [6.07, 6.45) is 2.81. The van der Waals surface area contributed by atoms with E-state index in [1.165, 1.54) is 24.4 Å². The van der Waals surface area contributed by atoms with Gasteiger partial charge in [-0.05, 0) is 48.1 Å². The van der Waals surface area contributed by atoms with Gasteiger partial charge in [-0.3, -0.25) is 0 Å². The lowest BCUT2D eigenvalue weighted by Gasteiger charge is -2.35. The molecule has 3 N–H and O–H groups in total. The van der Waals surface area contributed by atoms with Crippen LogP contribution in [0.25, 0.3) is 10.9 Å². The maximum absolute atomic E-state index is 12.8. The van der Waals surface area contributed by atoms with Crippen molar-refractivity contribution in [1.82, 2.24) is 15.1 Å². The second kappa shape index (κ2) is 9.89. The number of carbonyl (C=O) groups excluding carboxylic acids is 2. The van der Waals surface area contributed by atoms with Crippen LogP contribution in [0.2, 0.25) is 0 Å². The molecule has 8 heteroatoms. The van der Waals surface area contributed by atoms with Gasteiger partial charge >= 0.3 is 12.1 Å². The second-order valence-corrected chi connectivity index (χ2v) is 8.66. The fraction of sp³-hybridized carbons (Fsp3) is 0.222. The molecule has 5 rings (SSSR count). The summed E-state index contributed by atoms with van der Waals surface area (Å²) in [5, 5.41) is 14.3. The number of ether oxygens (including phenoxy) is 1. The Hall–Kier alpha value is -4.33. The maximum Gasteiger partial charge on any atom is 0.434 e. The van der Waals surface area contributed by atoms with Crippen molar-refractivity contribution in [2.45, 2.75) is 18.9 Å². The quantitative estimate of drug-likeness (QED) is 0.395. The number of para-hydroxylation sites is 1. The van der Waals surface area contributed by atoms with E-state index in [2.05, 4.69) is 63.5 Å². The highest BCUT2D eigenvalue weighted by Gasteiger charge is 2.28. The molecule has 2 atom stereocenters. The van der Waals surface area contributed by atoms with E-state index in [0.29, 0.717) is 29.1 Å². The lowest BCUT2D eigenvalue weighted by atomic mass is 9.83. The molecule has 0 fully saturated rings. The fourth-order valence-electron chi connectivity index (χ4n) is 4.69. The van der Waals surface area contributed by atoms with E-state index < -0.39 is 6.09 Å². The first-order valence-electron chi connectivity index (χ1n) is 11.6. The Labute approximate surface area is 203 Å². The van der Waals surface area contributed by atoms with E-state index in [0.717, 1.165) is 23.2 Å². The average molecular weight is 470 g/mol. The minimum atomic E-state index is -0.588. The molecule has 8 nitrogen and oxygen atoms in total. The van der Waals surface area contributed by atoms with Crippen molar-refractivity contribution in [3.05, 3.63) is 90.1 Å². The molecule has 2 unspecified atom stereocenters. The Morgan fingerprint density at radius 3 is 2.69 bits per heavy atom. The first-order chi connectivity index (χ1) is 17.1. The third-order valence-electron chi connectivity index (χ3n) is 6.44. The van der Waals surface area contributed by atoms with Gasteiger partial charge in [0.15, 0.2) is 0 Å². The second-order valence-electron chi connectivity index (χ2n) is 8.66. The number of hydrogen-bond donors (Lipinski definition) is 3. The van der Waals surface area contributed by atoms with E-state index in [-0.39, 0.29) is 12.1 Å². The monoisotopic (exact) mass is 469 g/mol. The van der Waals surface area contributed by atoms with Gasteiger partial charge in [0.2, 0.25) is 0 Å². The average Bonchev–Trinajstić information content (AvgIpc) is 3.33. The SMILES string of the molecule is COC(=O)n1ncc2c(NC(=O)NCC3Nc4ccccc4CC3Cc3ccccc3)cccc21. The number of hydrogen-bond acceptors (Lipinski definition) is 5. The zero-order chi connectivity index (χ0) is 24.2. The van der Waals surface area contributed by atoms with E-state index in [4.69, 9.17) is 4.74 Å². The van der Waals surface area contributed by atoms with E-state index >= 15 is 0 Å². The molecule has 2 heterocycles. The van der Waals surface area contributed by atoms with Crippen LogP contribution in [0.5, 0.6) is 0 Å². The van der Waals surface area contributed by atoms with Crippen LogP contribution < -0.4 is 16.0 Å². The van der Waals surface area contributed by atoms with Crippen molar-refractivity contribution in [3.8, 4) is 0 Å². The van der Waals surface area contributed by atoms with Crippen molar-refractivity contribution >= 4 is 34.4 Å². The molecule has 0 aliphatic carbocycles. The highest BCUT2D eigenvalue weighted by Crippen LogP contribution is 2.30. The number of rotatable bonds is 5. The standard InChI is InChI=1S/C27H27N5O3/c1-35-27(34)32-25-13-7-12-23(21(25)16-29-32)31-26(33)28-17-24-20(14-18-8-3-2-4-9-18)15-19-10-5-6-11-22(19)30-24/h2-13,16,20,24,30H,14-15,17H2,1H3,(H2,28,31,33). The molecule has 4 aromatic rings. The molecule has 178 valence electrons. The molecule has 35 heavy (non-hydrogen) atoms. The molecule has 1 aliphatic rings. The van der Waals surface area contributed by atoms with Gasteiger partial charge in [-0.1, -0.05) is 54.6 Å². The van der Waals surface area contributed by atoms with Crippen LogP contribution in [0.3, 0.4) is 0 Å². The van der Waals surface area contributed by atoms with Crippen LogP contribution in [-0.2, 0) is 17.6 Å². The van der Waals surface area contributed by atoms with E-state index in [9.17, 15) is 9.59 Å². The Kier molecular flexibility index (Phi) is 6.34. The van der Waals surface area contributed by atoms with Crippen LogP contribution >= 0.6 is 0 Å². The summed E-state index contributed by atoms with van der Waals surface area (Å²) in [6, 6.07) is 23.8. The summed E-state index contributed by atoms with van der Waals surface area (Å²) in [7, 11) is 1.30. The lowest BCUT2D eigenvalue weighted by Crippen LogP contribution is -2.46. The molecular formula is C27H27N5O3. The molecule has 0 bridgehead atoms. The number of anilines is 2. The summed E-state index contributed by atoms with van der Waals surface area (Å²) >= 11 is 0. The van der Waals surface area contributed by atoms with Crippen molar-refractivity contribution in [1.29, 1.82) is 0 Å². The predicted molar refractivity (Wildman–Crippen MR) is 136 cm³/mol. The molecule has 2 amide bonds. The van der Waals surface area contributed by atoms with Gasteiger partial charge in [0.1, 0.15) is 0 Å². The van der Waals surface area contributed by atoms with Crippen LogP contribution in [0, 0.1) is 5.92 Å². The summed E-state index contributed by atoms with van der Waals surface area (Å²) in [6.45, 7) is 0.467. The number of methoxy groups -OCH3 is 1. The summed E-state index contributed by atoms with van der Waals surface area (Å²) in [5.74, 6) is 0.328. The number of carbonyl (C=O) groups is 2. The van der Waals surface area contributed by atoms with Crippen LogP contribution in [0.4, 0.5) is 21.0 Å². The van der Waals surface area contributed by atoms with Gasteiger partial charge in [0.25, 0.3) is 0 Å². The zero-order valence-electron chi connectivity index (χ0n) is 19.4. The third-order valence-corrected chi connectivity index (χ3v) is 6.44. The molecule has 0 spiro atoms. The predicted octanol–water partition coefficient (Wildman–Crippen LogP) is 4.67. The normalized spacial score (nSPS) is 16.7. The van der Waals surface area contributed by atoms with Gasteiger partial charge < -0.3 is 20.7 Å². The summed E-state index contributed by atoms with van der Waals surface area (Å²) in [5.41, 5.74) is 4.82. The Morgan fingerprint density at radius 1 is 1.06 bits per heavy atom. The number of nitrogens with zero attached hydrogens (tertiary/aromatic N) is 2. The van der Waals surface area contributed by atoms with Gasteiger partial charge in [0.05, 0.1) is 24.5 Å². The highest BCUT2D eigenvalue weighted by atomic mass is 16.5. The first-order valence-corrected chi connectivity index (χ1v) is 11.6. The Morgan fingerprint density at radius 2 is 1.86 bits per heavy atom. The number of nitrogens with one attached hydrogen (secondary N) is 3. The number of aromatic nitrogens is 2. The summed E-state index contributed by atoms with van der Waals surface area (Å²) in [4.78, 5) is 24.8. The van der Waals surface area contributed by atoms with Crippen molar-refractivity contribution in [2.24, 2.45) is 5.92 Å². The number of benzene rings is 3. The zero-order valence-corrected chi connectivity index (χ0v) is 19.4. The number of fused-ring (bicyclic) bond motifs is 2. The number of amides is 2. The molecule has 3 aromatic carbocycles. The fourth-order valence-corrected chi connectivity index (χ4v) is 4.69. The maximum atomic E-state index is 12.8. The largest absolute Gasteiger partial charge is 0.451 e. The van der Waals surface area contributed by atoms with Crippen LogP contribution in [0.15, 0.2) is 79.0 Å². The van der Waals surface area contributed by atoms with Gasteiger partial charge in [-0.2, -0.15) is 9.78 Å². The van der Waals surface area contributed by atoms with Crippen molar-refractivity contribution in [3.63, 3.8) is 0 Å². The Bertz CT molecular complexity index is 1350. The van der Waals surface area contributed by atoms with Gasteiger partial charge in [0, 0.05) is 23.7 Å². The molecule has 1 aliphatic heterocycles. The Balaban J connectivity index is 1.29. The van der Waals surface area contributed by atoms with Crippen LogP contribution in [0.1, 0.15) is 11.1 Å². The van der Waals surface area contributed by atoms with Crippen molar-refractivity contribution < 1.29 is 14.3 Å².